The Hall–Kier alpha value is -3.47. The zero-order chi connectivity index (χ0) is 32.4. The summed E-state index contributed by atoms with van der Waals surface area (Å²) in [5, 5.41) is 7.36. The third-order valence-corrected chi connectivity index (χ3v) is 11.0. The molecule has 3 aromatic carbocycles. The molecule has 2 aliphatic heterocycles. The number of nitrogens with zero attached hydrogens (tertiary/aromatic N) is 2. The number of piperidine rings is 1. The highest BCUT2D eigenvalue weighted by molar-refractivity contribution is 9.10. The van der Waals surface area contributed by atoms with Crippen molar-refractivity contribution in [3.8, 4) is 0 Å². The molecule has 3 N–H and O–H groups in total. The van der Waals surface area contributed by atoms with E-state index in [1.165, 1.54) is 11.8 Å². The zero-order valence-electron chi connectivity index (χ0n) is 25.8. The number of aryl methyl sites for hydroxylation is 1. The number of nitrogens with one attached hydrogen (secondary N) is 3. The predicted octanol–water partition coefficient (Wildman–Crippen LogP) is 7.21. The Labute approximate surface area is 286 Å². The Kier molecular flexibility index (Phi) is 9.68. The zero-order valence-corrected chi connectivity index (χ0v) is 29.0. The molecule has 2 aliphatic rings. The molecule has 0 saturated carbocycles. The molecule has 46 heavy (non-hydrogen) atoms. The van der Waals surface area contributed by atoms with Gasteiger partial charge in [-0.1, -0.05) is 63.4 Å². The average Bonchev–Trinajstić information content (AvgIpc) is 3.56. The average molecular weight is 723 g/mol. The van der Waals surface area contributed by atoms with Gasteiger partial charge in [0.2, 0.25) is 11.8 Å². The van der Waals surface area contributed by atoms with Crippen molar-refractivity contribution in [3.05, 3.63) is 99.1 Å². The fourth-order valence-electron chi connectivity index (χ4n) is 6.59. The lowest BCUT2D eigenvalue weighted by atomic mass is 9.89. The van der Waals surface area contributed by atoms with Crippen molar-refractivity contribution in [2.45, 2.75) is 61.4 Å². The molecule has 2 fully saturated rings. The molecule has 0 unspecified atom stereocenters. The SMILES string of the molecule is CCNC(=O)NC1CCN(C(=O)[C@]2(Sc3ccc(C)cc3)CC(=O)N(Cc3ccc(Br)cc3)[C@H]2c2c[nH]c3cc(Cl)ccc23)CC1. The second kappa shape index (κ2) is 13.7. The summed E-state index contributed by atoms with van der Waals surface area (Å²) in [6, 6.07) is 21.0. The van der Waals surface area contributed by atoms with Crippen molar-refractivity contribution < 1.29 is 14.4 Å². The van der Waals surface area contributed by atoms with E-state index in [-0.39, 0.29) is 30.3 Å². The first-order chi connectivity index (χ1) is 22.2. The van der Waals surface area contributed by atoms with Crippen molar-refractivity contribution in [3.63, 3.8) is 0 Å². The van der Waals surface area contributed by atoms with Gasteiger partial charge >= 0.3 is 6.03 Å². The summed E-state index contributed by atoms with van der Waals surface area (Å²) in [7, 11) is 0. The number of halogens is 2. The summed E-state index contributed by atoms with van der Waals surface area (Å²) >= 11 is 11.4. The van der Waals surface area contributed by atoms with Crippen LogP contribution in [0.4, 0.5) is 4.79 Å². The number of thioether (sulfide) groups is 1. The summed E-state index contributed by atoms with van der Waals surface area (Å²) in [5.74, 6) is -0.133. The minimum Gasteiger partial charge on any atom is -0.361 e. The van der Waals surface area contributed by atoms with E-state index in [4.69, 9.17) is 11.6 Å². The first kappa shape index (κ1) is 32.5. The molecule has 0 spiro atoms. The lowest BCUT2D eigenvalue weighted by Gasteiger charge is -2.41. The number of hydrogen-bond donors (Lipinski definition) is 3. The smallest absolute Gasteiger partial charge is 0.314 e. The van der Waals surface area contributed by atoms with Crippen LogP contribution in [-0.2, 0) is 16.1 Å². The van der Waals surface area contributed by atoms with Gasteiger partial charge in [-0.15, -0.1) is 11.8 Å². The van der Waals surface area contributed by atoms with Gasteiger partial charge in [-0.2, -0.15) is 0 Å². The lowest BCUT2D eigenvalue weighted by Crippen LogP contribution is -2.55. The van der Waals surface area contributed by atoms with Crippen molar-refractivity contribution in [1.29, 1.82) is 0 Å². The van der Waals surface area contributed by atoms with Crippen LogP contribution in [0.2, 0.25) is 5.02 Å². The highest BCUT2D eigenvalue weighted by Crippen LogP contribution is 2.55. The number of hydrogen-bond acceptors (Lipinski definition) is 4. The number of rotatable bonds is 8. The summed E-state index contributed by atoms with van der Waals surface area (Å²) in [5.41, 5.74) is 3.83. The number of urea groups is 1. The Morgan fingerprint density at radius 3 is 2.48 bits per heavy atom. The van der Waals surface area contributed by atoms with Crippen molar-refractivity contribution >= 4 is 68.0 Å². The Morgan fingerprint density at radius 1 is 1.07 bits per heavy atom. The van der Waals surface area contributed by atoms with Gasteiger partial charge in [-0.3, -0.25) is 9.59 Å². The fraction of sp³-hybridized carbons (Fsp3) is 0.343. The van der Waals surface area contributed by atoms with Crippen LogP contribution in [0.3, 0.4) is 0 Å². The Bertz CT molecular complexity index is 1740. The van der Waals surface area contributed by atoms with E-state index in [9.17, 15) is 9.59 Å². The fourth-order valence-corrected chi connectivity index (χ4v) is 8.49. The topological polar surface area (TPSA) is 97.5 Å². The second-order valence-electron chi connectivity index (χ2n) is 12.0. The summed E-state index contributed by atoms with van der Waals surface area (Å²) in [6.07, 6.45) is 3.27. The largest absolute Gasteiger partial charge is 0.361 e. The molecule has 0 bridgehead atoms. The summed E-state index contributed by atoms with van der Waals surface area (Å²) in [4.78, 5) is 49.6. The lowest BCUT2D eigenvalue weighted by molar-refractivity contribution is -0.135. The van der Waals surface area contributed by atoms with Gasteiger partial charge in [0.1, 0.15) is 4.75 Å². The monoisotopic (exact) mass is 721 g/mol. The van der Waals surface area contributed by atoms with E-state index < -0.39 is 10.8 Å². The van der Waals surface area contributed by atoms with Crippen LogP contribution in [0.1, 0.15) is 48.9 Å². The molecular weight excluding hydrogens is 686 g/mol. The quantitative estimate of drug-likeness (QED) is 0.179. The van der Waals surface area contributed by atoms with E-state index >= 15 is 4.79 Å². The van der Waals surface area contributed by atoms with Gasteiger partial charge < -0.3 is 25.4 Å². The van der Waals surface area contributed by atoms with Gasteiger partial charge in [0, 0.05) is 69.3 Å². The van der Waals surface area contributed by atoms with E-state index in [1.807, 2.05) is 96.6 Å². The number of benzene rings is 3. The molecule has 3 heterocycles. The van der Waals surface area contributed by atoms with Crippen LogP contribution in [0.5, 0.6) is 0 Å². The van der Waals surface area contributed by atoms with Crippen LogP contribution < -0.4 is 10.6 Å². The molecule has 2 atom stereocenters. The van der Waals surface area contributed by atoms with E-state index in [0.717, 1.165) is 37.0 Å². The van der Waals surface area contributed by atoms with Crippen LogP contribution >= 0.6 is 39.3 Å². The molecule has 240 valence electrons. The number of likely N-dealkylation sites (tertiary alicyclic amines) is 2. The minimum atomic E-state index is -1.14. The number of carbonyl (C=O) groups excluding carboxylic acids is 3. The number of fused-ring (bicyclic) bond motifs is 1. The number of H-pyrrole nitrogens is 1. The van der Waals surface area contributed by atoms with Gasteiger partial charge in [-0.25, -0.2) is 4.79 Å². The highest BCUT2D eigenvalue weighted by Gasteiger charge is 2.59. The maximum absolute atomic E-state index is 15.1. The van der Waals surface area contributed by atoms with Crippen LogP contribution in [0.25, 0.3) is 10.9 Å². The molecule has 2 saturated heterocycles. The van der Waals surface area contributed by atoms with Crippen molar-refractivity contribution in [2.24, 2.45) is 0 Å². The van der Waals surface area contributed by atoms with Gasteiger partial charge in [0.25, 0.3) is 0 Å². The van der Waals surface area contributed by atoms with Crippen LogP contribution in [0, 0.1) is 6.92 Å². The molecular formula is C35H37BrClN5O3S. The summed E-state index contributed by atoms with van der Waals surface area (Å²) < 4.78 is -0.186. The van der Waals surface area contributed by atoms with Crippen molar-refractivity contribution in [1.82, 2.24) is 25.4 Å². The molecule has 4 amide bonds. The number of aromatic amines is 1. The second-order valence-corrected chi connectivity index (χ2v) is 14.8. The van der Waals surface area contributed by atoms with Crippen LogP contribution in [0.15, 0.2) is 82.3 Å². The molecule has 4 aromatic rings. The maximum atomic E-state index is 15.1. The van der Waals surface area contributed by atoms with Gasteiger partial charge in [0.05, 0.1) is 12.5 Å². The van der Waals surface area contributed by atoms with Crippen molar-refractivity contribution in [2.75, 3.05) is 19.6 Å². The first-order valence-electron chi connectivity index (χ1n) is 15.6. The Balaban J connectivity index is 1.43. The van der Waals surface area contributed by atoms with E-state index in [2.05, 4.69) is 31.5 Å². The van der Waals surface area contributed by atoms with E-state index in [0.29, 0.717) is 44.0 Å². The first-order valence-corrected chi connectivity index (χ1v) is 17.6. The molecule has 8 nitrogen and oxygen atoms in total. The van der Waals surface area contributed by atoms with Gasteiger partial charge in [0.15, 0.2) is 0 Å². The Morgan fingerprint density at radius 2 is 1.78 bits per heavy atom. The molecule has 0 aliphatic carbocycles. The predicted molar refractivity (Wildman–Crippen MR) is 187 cm³/mol. The minimum absolute atomic E-state index is 0.0235. The maximum Gasteiger partial charge on any atom is 0.314 e. The molecule has 0 radical (unpaired) electrons. The molecule has 6 rings (SSSR count). The third kappa shape index (κ3) is 6.66. The number of aromatic nitrogens is 1. The number of carbonyl (C=O) groups is 3. The third-order valence-electron chi connectivity index (χ3n) is 8.86. The van der Waals surface area contributed by atoms with Gasteiger partial charge in [-0.05, 0) is 68.7 Å². The molecule has 1 aromatic heterocycles. The molecule has 11 heteroatoms. The standard InChI is InChI=1S/C35H37BrClN5O3S/c1-3-38-34(45)40-26-14-16-41(17-15-26)33(44)35(46-27-11-4-22(2)5-12-27)19-31(43)42(21-23-6-8-24(36)9-7-23)32(35)29-20-39-30-18-25(37)10-13-28(29)30/h4-13,18,20,26,32,39H,3,14-17,19,21H2,1-2H3,(H2,38,40,45)/t32-,35-/m0/s1. The van der Waals surface area contributed by atoms with E-state index in [1.54, 1.807) is 0 Å². The summed E-state index contributed by atoms with van der Waals surface area (Å²) in [6.45, 7) is 5.81. The number of amides is 4. The highest BCUT2D eigenvalue weighted by atomic mass is 79.9. The normalized spacial score (nSPS) is 20.3. The van der Waals surface area contributed by atoms with Crippen LogP contribution in [-0.4, -0.2) is 63.1 Å².